The molecule has 0 bridgehead atoms. The third-order valence-electron chi connectivity index (χ3n) is 7.80. The van der Waals surface area contributed by atoms with Crippen LogP contribution in [-0.4, -0.2) is 55.2 Å². The van der Waals surface area contributed by atoms with Gasteiger partial charge in [0.05, 0.1) is 6.54 Å². The fourth-order valence-corrected chi connectivity index (χ4v) is 5.59. The summed E-state index contributed by atoms with van der Waals surface area (Å²) in [6.07, 6.45) is 2.72. The van der Waals surface area contributed by atoms with Crippen LogP contribution in [0.25, 0.3) is 0 Å². The summed E-state index contributed by atoms with van der Waals surface area (Å²) in [6.45, 7) is 5.98. The third kappa shape index (κ3) is 7.16. The Morgan fingerprint density at radius 3 is 2.33 bits per heavy atom. The molecule has 39 heavy (non-hydrogen) atoms. The molecule has 1 unspecified atom stereocenters. The number of aryl methyl sites for hydroxylation is 1. The summed E-state index contributed by atoms with van der Waals surface area (Å²) in [7, 11) is 0. The molecule has 0 amide bonds. The van der Waals surface area contributed by atoms with E-state index in [1.807, 2.05) is 0 Å². The first-order chi connectivity index (χ1) is 18.5. The highest BCUT2D eigenvalue weighted by atomic mass is 19.4. The minimum absolute atomic E-state index is 0.291. The Kier molecular flexibility index (Phi) is 8.95. The van der Waals surface area contributed by atoms with Gasteiger partial charge in [-0.3, -0.25) is 19.1 Å². The van der Waals surface area contributed by atoms with E-state index >= 15 is 0 Å². The molecule has 12 heteroatoms. The first-order valence-corrected chi connectivity index (χ1v) is 13.4. The smallest absolute Gasteiger partial charge is 0.475 e. The Morgan fingerprint density at radius 2 is 1.72 bits per heavy atom. The summed E-state index contributed by atoms with van der Waals surface area (Å²) in [6, 6.07) is 8.78. The maximum Gasteiger partial charge on any atom is 0.490 e. The fourth-order valence-electron chi connectivity index (χ4n) is 5.59. The fraction of sp³-hybridized carbons (Fsp3) is 0.630. The second-order valence-electron chi connectivity index (χ2n) is 10.7. The second kappa shape index (κ2) is 12.0. The number of nitrogens with zero attached hydrogens (tertiary/aromatic N) is 4. The van der Waals surface area contributed by atoms with Gasteiger partial charge in [0, 0.05) is 26.2 Å². The van der Waals surface area contributed by atoms with Gasteiger partial charge < -0.3 is 9.84 Å². The predicted octanol–water partition coefficient (Wildman–Crippen LogP) is 3.36. The highest BCUT2D eigenvalue weighted by Crippen LogP contribution is 2.32. The lowest BCUT2D eigenvalue weighted by Crippen LogP contribution is -2.53. The molecular formula is C27H35F3N4O5. The molecule has 2 fully saturated rings. The van der Waals surface area contributed by atoms with Gasteiger partial charge in [-0.1, -0.05) is 50.5 Å². The number of likely N-dealkylation sites (tertiary alicyclic amines) is 1. The molecule has 3 heterocycles. The number of hydrogen-bond acceptors (Lipinski definition) is 6. The minimum atomic E-state index is -5.08. The van der Waals surface area contributed by atoms with E-state index in [9.17, 15) is 22.8 Å². The number of halogens is 3. The average molecular weight is 553 g/mol. The monoisotopic (exact) mass is 552 g/mol. The van der Waals surface area contributed by atoms with E-state index in [4.69, 9.17) is 14.6 Å². The Bertz CT molecular complexity index is 1270. The molecule has 1 saturated heterocycles. The van der Waals surface area contributed by atoms with Crippen LogP contribution >= 0.6 is 0 Å². The van der Waals surface area contributed by atoms with E-state index in [0.29, 0.717) is 31.4 Å². The van der Waals surface area contributed by atoms with Crippen molar-refractivity contribution in [1.29, 1.82) is 0 Å². The van der Waals surface area contributed by atoms with Crippen molar-refractivity contribution in [3.8, 4) is 0 Å². The van der Waals surface area contributed by atoms with Crippen molar-refractivity contribution in [2.24, 2.45) is 5.92 Å². The summed E-state index contributed by atoms with van der Waals surface area (Å²) in [4.78, 5) is 37.0. The number of carboxylic acids is 1. The minimum Gasteiger partial charge on any atom is -0.475 e. The van der Waals surface area contributed by atoms with Gasteiger partial charge in [-0.2, -0.15) is 18.3 Å². The maximum atomic E-state index is 13.0. The number of rotatable bonds is 5. The number of carbonyl (C=O) groups is 1. The van der Waals surface area contributed by atoms with E-state index in [2.05, 4.69) is 41.2 Å². The maximum absolute atomic E-state index is 13.0. The van der Waals surface area contributed by atoms with E-state index in [0.717, 1.165) is 45.3 Å². The summed E-state index contributed by atoms with van der Waals surface area (Å²) < 4.78 is 41.0. The van der Waals surface area contributed by atoms with Crippen LogP contribution in [0.3, 0.4) is 0 Å². The van der Waals surface area contributed by atoms with Crippen LogP contribution in [0.5, 0.6) is 0 Å². The summed E-state index contributed by atoms with van der Waals surface area (Å²) in [5, 5.41) is 11.7. The van der Waals surface area contributed by atoms with Crippen molar-refractivity contribution in [3.63, 3.8) is 0 Å². The highest BCUT2D eigenvalue weighted by Gasteiger charge is 2.43. The van der Waals surface area contributed by atoms with Crippen LogP contribution in [0.2, 0.25) is 0 Å². The lowest BCUT2D eigenvalue weighted by molar-refractivity contribution is -0.192. The Morgan fingerprint density at radius 1 is 1.08 bits per heavy atom. The van der Waals surface area contributed by atoms with Crippen molar-refractivity contribution in [2.75, 3.05) is 13.1 Å². The molecule has 1 aromatic heterocycles. The molecule has 1 aromatic carbocycles. The van der Waals surface area contributed by atoms with Crippen LogP contribution in [0.15, 0.2) is 33.9 Å². The van der Waals surface area contributed by atoms with Crippen molar-refractivity contribution in [2.45, 2.75) is 89.9 Å². The predicted molar refractivity (Wildman–Crippen MR) is 136 cm³/mol. The zero-order valence-electron chi connectivity index (χ0n) is 22.1. The first-order valence-electron chi connectivity index (χ1n) is 13.4. The molecule has 1 saturated carbocycles. The molecule has 1 N–H and O–H groups in total. The van der Waals surface area contributed by atoms with Gasteiger partial charge in [-0.25, -0.2) is 9.48 Å². The molecule has 1 aliphatic carbocycles. The average Bonchev–Trinajstić information content (AvgIpc) is 3.30. The quantitative estimate of drug-likeness (QED) is 0.567. The number of carboxylic acid groups (broad SMARTS) is 1. The lowest BCUT2D eigenvalue weighted by atomic mass is 9.89. The molecule has 1 spiro atoms. The van der Waals surface area contributed by atoms with Gasteiger partial charge in [-0.15, -0.1) is 0 Å². The summed E-state index contributed by atoms with van der Waals surface area (Å²) >= 11 is 0. The Labute approximate surface area is 224 Å². The van der Waals surface area contributed by atoms with Gasteiger partial charge in [0.25, 0.3) is 0 Å². The van der Waals surface area contributed by atoms with Gasteiger partial charge in [0.1, 0.15) is 12.2 Å². The third-order valence-corrected chi connectivity index (χ3v) is 7.80. The molecule has 2 aliphatic heterocycles. The van der Waals surface area contributed by atoms with Crippen LogP contribution in [0.1, 0.15) is 62.4 Å². The zero-order chi connectivity index (χ0) is 28.2. The molecule has 214 valence electrons. The van der Waals surface area contributed by atoms with Crippen molar-refractivity contribution < 1.29 is 27.8 Å². The Balaban J connectivity index is 0.000000448. The van der Waals surface area contributed by atoms with Gasteiger partial charge >= 0.3 is 23.3 Å². The molecule has 9 nitrogen and oxygen atoms in total. The van der Waals surface area contributed by atoms with Gasteiger partial charge in [0.15, 0.2) is 5.82 Å². The zero-order valence-corrected chi connectivity index (χ0v) is 22.1. The number of aliphatic carboxylic acids is 1. The molecular weight excluding hydrogens is 517 g/mol. The van der Waals surface area contributed by atoms with Gasteiger partial charge in [-0.05, 0) is 42.7 Å². The van der Waals surface area contributed by atoms with Gasteiger partial charge in [0.2, 0.25) is 0 Å². The highest BCUT2D eigenvalue weighted by molar-refractivity contribution is 5.73. The number of ether oxygens (including phenoxy) is 1. The number of alkyl halides is 3. The summed E-state index contributed by atoms with van der Waals surface area (Å²) in [5.41, 5.74) is 1.30. The number of fused-ring (bicyclic) bond motifs is 1. The second-order valence-corrected chi connectivity index (χ2v) is 10.7. The lowest BCUT2D eigenvalue weighted by Gasteiger charge is -2.35. The number of benzene rings is 1. The molecule has 0 radical (unpaired) electrons. The SMILES string of the molecule is CCc1ccc(CN2CCC3(C2)Cn2c(nn(CC4CCCCC4)c(=O)c2=O)CO3)cc1.O=C(O)C(F)(F)F. The number of hydrogen-bond donors (Lipinski definition) is 1. The molecule has 1 atom stereocenters. The van der Waals surface area contributed by atoms with E-state index in [1.165, 1.54) is 35.1 Å². The Hall–Kier alpha value is -2.99. The van der Waals surface area contributed by atoms with E-state index < -0.39 is 28.9 Å². The van der Waals surface area contributed by atoms with E-state index in [-0.39, 0.29) is 0 Å². The molecule has 3 aliphatic rings. The van der Waals surface area contributed by atoms with Crippen molar-refractivity contribution in [3.05, 3.63) is 61.9 Å². The van der Waals surface area contributed by atoms with Crippen LogP contribution in [0.4, 0.5) is 13.2 Å². The number of aromatic nitrogens is 3. The largest absolute Gasteiger partial charge is 0.490 e. The topological polar surface area (TPSA) is 107 Å². The summed E-state index contributed by atoms with van der Waals surface area (Å²) in [5.74, 6) is -1.72. The molecule has 2 aromatic rings. The van der Waals surface area contributed by atoms with Crippen LogP contribution < -0.4 is 11.1 Å². The normalized spacial score (nSPS) is 21.8. The van der Waals surface area contributed by atoms with Crippen LogP contribution in [0, 0.1) is 5.92 Å². The first kappa shape index (κ1) is 29.0. The molecule has 5 rings (SSSR count). The van der Waals surface area contributed by atoms with E-state index in [1.54, 1.807) is 4.57 Å². The van der Waals surface area contributed by atoms with Crippen molar-refractivity contribution in [1.82, 2.24) is 19.2 Å². The standard InChI is InChI=1S/C25H34N4O3.C2HF3O2/c1-2-19-8-10-21(11-9-19)14-27-13-12-25(17-27)18-28-22(16-32-25)26-29(24(31)23(28)30)15-20-6-4-3-5-7-20;3-2(4,5)1(6)7/h8-11,20H,2-7,12-18H2,1H3;(H,6,7). The van der Waals surface area contributed by atoms with Crippen molar-refractivity contribution >= 4 is 5.97 Å². The van der Waals surface area contributed by atoms with Crippen LogP contribution in [-0.2, 0) is 42.2 Å².